The van der Waals surface area contributed by atoms with Gasteiger partial charge in [-0.15, -0.1) is 0 Å². The van der Waals surface area contributed by atoms with Crippen LogP contribution in [0.3, 0.4) is 0 Å². The number of Topliss-reactive ketones (excluding diaryl/α,β-unsaturated/α-hetero) is 1. The van der Waals surface area contributed by atoms with Gasteiger partial charge >= 0.3 is 0 Å². The molecule has 0 amide bonds. The van der Waals surface area contributed by atoms with Gasteiger partial charge in [0.15, 0.2) is 11.3 Å². The molecule has 0 aliphatic carbocycles. The van der Waals surface area contributed by atoms with Crippen molar-refractivity contribution in [2.75, 3.05) is 13.8 Å². The lowest BCUT2D eigenvalue weighted by atomic mass is 10.1. The summed E-state index contributed by atoms with van der Waals surface area (Å²) in [4.78, 5) is 19.9. The van der Waals surface area contributed by atoms with E-state index in [4.69, 9.17) is 10.5 Å². The maximum absolute atomic E-state index is 11.6. The molecule has 0 fully saturated rings. The Hall–Kier alpha value is -2.80. The van der Waals surface area contributed by atoms with Crippen LogP contribution in [0.15, 0.2) is 40.7 Å². The number of hydrogen-bond acceptors (Lipinski definition) is 6. The molecule has 0 spiro atoms. The lowest BCUT2D eigenvalue weighted by molar-refractivity contribution is 0.101. The van der Waals surface area contributed by atoms with Crippen molar-refractivity contribution < 1.29 is 9.53 Å². The molecule has 0 unspecified atom stereocenters. The number of carbonyl (C=O) groups is 1. The van der Waals surface area contributed by atoms with Gasteiger partial charge in [0.2, 0.25) is 5.88 Å². The quantitative estimate of drug-likeness (QED) is 0.659. The van der Waals surface area contributed by atoms with Crippen molar-refractivity contribution in [3.8, 4) is 17.0 Å². The van der Waals surface area contributed by atoms with Crippen molar-refractivity contribution in [2.24, 2.45) is 15.8 Å². The first-order valence-electron chi connectivity index (χ1n) is 6.56. The van der Waals surface area contributed by atoms with Crippen molar-refractivity contribution in [3.63, 3.8) is 0 Å². The standard InChI is InChI=1S/C15H17N5O2/c1-10(21)12-6-13(15(22-3)18-8-12)11-4-5-20(17-2)14(7-11)19-9-16/h4-8H,2,9,16H2,1,3H3. The van der Waals surface area contributed by atoms with Crippen LogP contribution in [0.2, 0.25) is 0 Å². The summed E-state index contributed by atoms with van der Waals surface area (Å²) in [7, 11) is 1.53. The fourth-order valence-electron chi connectivity index (χ4n) is 1.99. The predicted octanol–water partition coefficient (Wildman–Crippen LogP) is 1.04. The molecule has 0 saturated heterocycles. The van der Waals surface area contributed by atoms with Crippen molar-refractivity contribution in [2.45, 2.75) is 6.92 Å². The monoisotopic (exact) mass is 299 g/mol. The molecule has 0 aliphatic rings. The molecule has 0 atom stereocenters. The van der Waals surface area contributed by atoms with Crippen molar-refractivity contribution in [1.29, 1.82) is 0 Å². The highest BCUT2D eigenvalue weighted by Crippen LogP contribution is 2.28. The molecule has 114 valence electrons. The molecule has 22 heavy (non-hydrogen) atoms. The number of carbonyl (C=O) groups excluding carboxylic acids is 1. The zero-order valence-electron chi connectivity index (χ0n) is 12.5. The minimum Gasteiger partial charge on any atom is -0.481 e. The number of nitrogens with two attached hydrogens (primary N) is 1. The second kappa shape index (κ2) is 6.77. The summed E-state index contributed by atoms with van der Waals surface area (Å²) < 4.78 is 6.78. The second-order valence-electron chi connectivity index (χ2n) is 4.44. The molecule has 0 aromatic carbocycles. The molecule has 0 saturated carbocycles. The minimum absolute atomic E-state index is 0.0676. The molecule has 2 aromatic heterocycles. The maximum atomic E-state index is 11.6. The zero-order valence-corrected chi connectivity index (χ0v) is 12.5. The Bertz CT molecular complexity index is 780. The summed E-state index contributed by atoms with van der Waals surface area (Å²) in [6.45, 7) is 5.09. The first kappa shape index (κ1) is 15.6. The Morgan fingerprint density at radius 1 is 1.50 bits per heavy atom. The Morgan fingerprint density at radius 2 is 2.27 bits per heavy atom. The highest BCUT2D eigenvalue weighted by Gasteiger charge is 2.11. The van der Waals surface area contributed by atoms with Gasteiger partial charge in [-0.3, -0.25) is 9.79 Å². The van der Waals surface area contributed by atoms with Crippen LogP contribution in [0, 0.1) is 0 Å². The number of hydrogen-bond donors (Lipinski definition) is 1. The molecule has 2 heterocycles. The second-order valence-corrected chi connectivity index (χ2v) is 4.44. The summed E-state index contributed by atoms with van der Waals surface area (Å²) in [6.07, 6.45) is 3.20. The van der Waals surface area contributed by atoms with Crippen LogP contribution in [0.1, 0.15) is 17.3 Å². The van der Waals surface area contributed by atoms with Gasteiger partial charge in [0, 0.05) is 30.2 Å². The maximum Gasteiger partial charge on any atom is 0.221 e. The summed E-state index contributed by atoms with van der Waals surface area (Å²) in [5.74, 6) is 0.357. The van der Waals surface area contributed by atoms with Crippen LogP contribution >= 0.6 is 0 Å². The molecule has 7 nitrogen and oxygen atoms in total. The van der Waals surface area contributed by atoms with Gasteiger partial charge in [-0.1, -0.05) is 0 Å². The third-order valence-electron chi connectivity index (χ3n) is 3.08. The van der Waals surface area contributed by atoms with Crippen molar-refractivity contribution >= 4 is 12.5 Å². The summed E-state index contributed by atoms with van der Waals surface area (Å²) in [5.41, 5.74) is 8.01. The highest BCUT2D eigenvalue weighted by molar-refractivity contribution is 5.95. The lowest BCUT2D eigenvalue weighted by Gasteiger charge is -2.10. The molecule has 2 N–H and O–H groups in total. The predicted molar refractivity (Wildman–Crippen MR) is 83.8 cm³/mol. The molecule has 0 bridgehead atoms. The van der Waals surface area contributed by atoms with E-state index in [1.807, 2.05) is 6.07 Å². The third-order valence-corrected chi connectivity index (χ3v) is 3.08. The first-order valence-corrected chi connectivity index (χ1v) is 6.56. The van der Waals surface area contributed by atoms with Crippen molar-refractivity contribution in [3.05, 3.63) is 41.6 Å². The van der Waals surface area contributed by atoms with E-state index < -0.39 is 0 Å². The van der Waals surface area contributed by atoms with Crippen LogP contribution in [-0.4, -0.2) is 35.9 Å². The molecule has 2 aromatic rings. The largest absolute Gasteiger partial charge is 0.481 e. The van der Waals surface area contributed by atoms with Crippen LogP contribution in [0.4, 0.5) is 0 Å². The van der Waals surface area contributed by atoms with E-state index in [1.54, 1.807) is 18.3 Å². The average molecular weight is 299 g/mol. The SMILES string of the molecule is C=Nn1ccc(-c2cc(C(C)=O)cnc2OC)cc1=NCN. The Balaban J connectivity index is 2.67. The summed E-state index contributed by atoms with van der Waals surface area (Å²) in [5, 5.41) is 3.83. The van der Waals surface area contributed by atoms with Crippen LogP contribution in [-0.2, 0) is 0 Å². The first-order chi connectivity index (χ1) is 10.6. The Labute approximate surface area is 127 Å². The fourth-order valence-corrected chi connectivity index (χ4v) is 1.99. The number of rotatable bonds is 5. The Kier molecular flexibility index (Phi) is 4.80. The summed E-state index contributed by atoms with van der Waals surface area (Å²) in [6, 6.07) is 5.33. The van der Waals surface area contributed by atoms with Gasteiger partial charge < -0.3 is 10.5 Å². The third kappa shape index (κ3) is 3.09. The lowest BCUT2D eigenvalue weighted by Crippen LogP contribution is -2.18. The molecule has 2 rings (SSSR count). The molecular formula is C15H17N5O2. The van der Waals surface area contributed by atoms with Crippen LogP contribution in [0.5, 0.6) is 5.88 Å². The van der Waals surface area contributed by atoms with E-state index in [0.29, 0.717) is 22.5 Å². The van der Waals surface area contributed by atoms with Gasteiger partial charge in [0.05, 0.1) is 13.8 Å². The van der Waals surface area contributed by atoms with Crippen LogP contribution in [0.25, 0.3) is 11.1 Å². The molecule has 0 aliphatic heterocycles. The number of nitrogens with zero attached hydrogens (tertiary/aromatic N) is 4. The fraction of sp³-hybridized carbons (Fsp3) is 0.200. The van der Waals surface area contributed by atoms with Crippen molar-refractivity contribution in [1.82, 2.24) is 9.66 Å². The van der Waals surface area contributed by atoms with E-state index in [2.05, 4.69) is 21.8 Å². The summed E-state index contributed by atoms with van der Waals surface area (Å²) >= 11 is 0. The number of aromatic nitrogens is 2. The van der Waals surface area contributed by atoms with Gasteiger partial charge in [-0.2, -0.15) is 5.10 Å². The topological polar surface area (TPSA) is 94.9 Å². The van der Waals surface area contributed by atoms with Gasteiger partial charge in [0.1, 0.15) is 0 Å². The van der Waals surface area contributed by atoms with Gasteiger partial charge in [-0.25, -0.2) is 9.66 Å². The zero-order chi connectivity index (χ0) is 16.1. The molecular weight excluding hydrogens is 282 g/mol. The number of ketones is 1. The normalized spacial score (nSPS) is 11.3. The number of methoxy groups -OCH3 is 1. The molecule has 0 radical (unpaired) electrons. The van der Waals surface area contributed by atoms with E-state index in [-0.39, 0.29) is 12.5 Å². The van der Waals surface area contributed by atoms with Gasteiger partial charge in [0.25, 0.3) is 0 Å². The van der Waals surface area contributed by atoms with E-state index in [0.717, 1.165) is 5.56 Å². The number of ether oxygens (including phenoxy) is 1. The average Bonchev–Trinajstić information content (AvgIpc) is 2.54. The van der Waals surface area contributed by atoms with E-state index in [9.17, 15) is 4.79 Å². The molecule has 7 heteroatoms. The number of pyridine rings is 2. The highest BCUT2D eigenvalue weighted by atomic mass is 16.5. The van der Waals surface area contributed by atoms with Gasteiger partial charge in [-0.05, 0) is 30.7 Å². The van der Waals surface area contributed by atoms with Crippen LogP contribution < -0.4 is 16.0 Å². The van der Waals surface area contributed by atoms with E-state index >= 15 is 0 Å². The Morgan fingerprint density at radius 3 is 2.86 bits per heavy atom. The smallest absolute Gasteiger partial charge is 0.221 e. The van der Waals surface area contributed by atoms with E-state index in [1.165, 1.54) is 24.9 Å². The minimum atomic E-state index is -0.0676.